The standard InChI is InChI=1S/C14H15BrN2O/c1-9-7-11(13(16)17-8-9)14(2,18)10-5-3-4-6-12(10)15/h3-8,18H,1-2H3,(H2,16,17). The van der Waals surface area contributed by atoms with E-state index in [1.165, 1.54) is 0 Å². The van der Waals surface area contributed by atoms with Gasteiger partial charge >= 0.3 is 0 Å². The average molecular weight is 307 g/mol. The number of pyridine rings is 1. The SMILES string of the molecule is Cc1cnc(N)c(C(C)(O)c2ccccc2Br)c1. The quantitative estimate of drug-likeness (QED) is 0.896. The molecule has 1 aromatic carbocycles. The molecule has 0 saturated heterocycles. The highest BCUT2D eigenvalue weighted by Crippen LogP contribution is 2.36. The van der Waals surface area contributed by atoms with Crippen molar-refractivity contribution in [2.24, 2.45) is 0 Å². The van der Waals surface area contributed by atoms with Gasteiger partial charge in [0.15, 0.2) is 0 Å². The largest absolute Gasteiger partial charge is 0.383 e. The van der Waals surface area contributed by atoms with Crippen LogP contribution in [0, 0.1) is 6.92 Å². The van der Waals surface area contributed by atoms with Crippen molar-refractivity contribution >= 4 is 21.7 Å². The summed E-state index contributed by atoms with van der Waals surface area (Å²) in [5.41, 5.74) is 7.05. The van der Waals surface area contributed by atoms with E-state index in [9.17, 15) is 5.11 Å². The Morgan fingerprint density at radius 3 is 2.61 bits per heavy atom. The zero-order valence-corrected chi connectivity index (χ0v) is 11.9. The van der Waals surface area contributed by atoms with Gasteiger partial charge in [-0.15, -0.1) is 0 Å². The minimum atomic E-state index is -1.18. The second-order valence-corrected chi connectivity index (χ2v) is 5.35. The summed E-state index contributed by atoms with van der Waals surface area (Å²) < 4.78 is 0.843. The molecule has 94 valence electrons. The van der Waals surface area contributed by atoms with E-state index in [0.29, 0.717) is 11.4 Å². The van der Waals surface area contributed by atoms with Crippen LogP contribution in [0.5, 0.6) is 0 Å². The molecule has 1 aromatic heterocycles. The number of nitrogen functional groups attached to an aromatic ring is 1. The van der Waals surface area contributed by atoms with E-state index in [-0.39, 0.29) is 0 Å². The van der Waals surface area contributed by atoms with Crippen molar-refractivity contribution in [1.29, 1.82) is 0 Å². The smallest absolute Gasteiger partial charge is 0.129 e. The number of nitrogens with two attached hydrogens (primary N) is 1. The summed E-state index contributed by atoms with van der Waals surface area (Å²) in [5, 5.41) is 10.8. The molecule has 0 bridgehead atoms. The minimum Gasteiger partial charge on any atom is -0.383 e. The van der Waals surface area contributed by atoms with Crippen LogP contribution in [0.1, 0.15) is 23.6 Å². The third-order valence-electron chi connectivity index (χ3n) is 2.98. The Morgan fingerprint density at radius 2 is 1.94 bits per heavy atom. The van der Waals surface area contributed by atoms with Gasteiger partial charge in [-0.1, -0.05) is 34.1 Å². The normalized spacial score (nSPS) is 14.2. The molecule has 0 aliphatic rings. The van der Waals surface area contributed by atoms with E-state index >= 15 is 0 Å². The number of rotatable bonds is 2. The Hall–Kier alpha value is -1.39. The summed E-state index contributed by atoms with van der Waals surface area (Å²) in [4.78, 5) is 4.10. The molecule has 1 unspecified atom stereocenters. The maximum absolute atomic E-state index is 10.8. The second-order valence-electron chi connectivity index (χ2n) is 4.50. The average Bonchev–Trinajstić information content (AvgIpc) is 2.32. The molecule has 1 heterocycles. The number of hydrogen-bond acceptors (Lipinski definition) is 3. The van der Waals surface area contributed by atoms with E-state index in [1.54, 1.807) is 13.1 Å². The van der Waals surface area contributed by atoms with E-state index in [2.05, 4.69) is 20.9 Å². The molecule has 2 aromatic rings. The van der Waals surface area contributed by atoms with E-state index in [4.69, 9.17) is 5.73 Å². The van der Waals surface area contributed by atoms with Crippen LogP contribution < -0.4 is 5.73 Å². The Morgan fingerprint density at radius 1 is 1.28 bits per heavy atom. The molecule has 4 heteroatoms. The first-order valence-electron chi connectivity index (χ1n) is 5.63. The van der Waals surface area contributed by atoms with Crippen molar-refractivity contribution in [3.8, 4) is 0 Å². The van der Waals surface area contributed by atoms with E-state index in [0.717, 1.165) is 15.6 Å². The fourth-order valence-corrected chi connectivity index (χ4v) is 2.64. The van der Waals surface area contributed by atoms with Crippen molar-refractivity contribution in [2.45, 2.75) is 19.4 Å². The summed E-state index contributed by atoms with van der Waals surface area (Å²) in [5.74, 6) is 0.348. The van der Waals surface area contributed by atoms with Gasteiger partial charge in [-0.2, -0.15) is 0 Å². The van der Waals surface area contributed by atoms with Crippen LogP contribution in [0.4, 0.5) is 5.82 Å². The highest BCUT2D eigenvalue weighted by atomic mass is 79.9. The lowest BCUT2D eigenvalue weighted by atomic mass is 9.88. The van der Waals surface area contributed by atoms with Gasteiger partial charge in [-0.05, 0) is 31.5 Å². The number of nitrogens with zero attached hydrogens (tertiary/aromatic N) is 1. The molecule has 0 saturated carbocycles. The third-order valence-corrected chi connectivity index (χ3v) is 3.67. The van der Waals surface area contributed by atoms with Crippen molar-refractivity contribution in [3.05, 3.63) is 57.7 Å². The predicted molar refractivity (Wildman–Crippen MR) is 76.2 cm³/mol. The topological polar surface area (TPSA) is 59.1 Å². The number of aryl methyl sites for hydroxylation is 1. The van der Waals surface area contributed by atoms with Crippen LogP contribution in [-0.2, 0) is 5.60 Å². The number of halogens is 1. The summed E-state index contributed by atoms with van der Waals surface area (Å²) >= 11 is 3.45. The number of aliphatic hydroxyl groups is 1. The van der Waals surface area contributed by atoms with Crippen LogP contribution in [0.3, 0.4) is 0 Å². The zero-order valence-electron chi connectivity index (χ0n) is 10.3. The van der Waals surface area contributed by atoms with Crippen LogP contribution in [-0.4, -0.2) is 10.1 Å². The first-order chi connectivity index (χ1) is 8.43. The van der Waals surface area contributed by atoms with Crippen molar-refractivity contribution in [3.63, 3.8) is 0 Å². The molecular weight excluding hydrogens is 292 g/mol. The first kappa shape index (κ1) is 13.1. The van der Waals surface area contributed by atoms with Gasteiger partial charge in [0.25, 0.3) is 0 Å². The molecule has 1 atom stereocenters. The Balaban J connectivity index is 2.61. The van der Waals surface area contributed by atoms with Gasteiger partial charge < -0.3 is 10.8 Å². The Labute approximate surface area is 115 Å². The molecule has 3 nitrogen and oxygen atoms in total. The lowest BCUT2D eigenvalue weighted by Crippen LogP contribution is -2.25. The van der Waals surface area contributed by atoms with Crippen molar-refractivity contribution in [1.82, 2.24) is 4.98 Å². The third kappa shape index (κ3) is 2.26. The molecule has 0 aliphatic heterocycles. The van der Waals surface area contributed by atoms with Gasteiger partial charge in [0.05, 0.1) is 0 Å². The lowest BCUT2D eigenvalue weighted by molar-refractivity contribution is 0.102. The molecule has 0 amide bonds. The predicted octanol–water partition coefficient (Wildman–Crippen LogP) is 2.99. The zero-order chi connectivity index (χ0) is 13.3. The number of hydrogen-bond donors (Lipinski definition) is 2. The maximum atomic E-state index is 10.8. The second kappa shape index (κ2) is 4.71. The Bertz CT molecular complexity index is 582. The molecule has 2 rings (SSSR count). The van der Waals surface area contributed by atoms with Gasteiger partial charge in [-0.25, -0.2) is 4.98 Å². The fourth-order valence-electron chi connectivity index (χ4n) is 1.97. The van der Waals surface area contributed by atoms with Crippen LogP contribution >= 0.6 is 15.9 Å². The molecular formula is C14H15BrN2O. The number of benzene rings is 1. The summed E-state index contributed by atoms with van der Waals surface area (Å²) in [6.07, 6.45) is 1.69. The fraction of sp³-hybridized carbons (Fsp3) is 0.214. The molecule has 0 aliphatic carbocycles. The van der Waals surface area contributed by atoms with Gasteiger partial charge in [0.1, 0.15) is 11.4 Å². The monoisotopic (exact) mass is 306 g/mol. The highest BCUT2D eigenvalue weighted by molar-refractivity contribution is 9.10. The molecule has 0 spiro atoms. The summed E-state index contributed by atoms with van der Waals surface area (Å²) in [6.45, 7) is 3.64. The van der Waals surface area contributed by atoms with Gasteiger partial charge in [0.2, 0.25) is 0 Å². The van der Waals surface area contributed by atoms with Crippen molar-refractivity contribution < 1.29 is 5.11 Å². The van der Waals surface area contributed by atoms with Crippen molar-refractivity contribution in [2.75, 3.05) is 5.73 Å². The summed E-state index contributed by atoms with van der Waals surface area (Å²) in [7, 11) is 0. The summed E-state index contributed by atoms with van der Waals surface area (Å²) in [6, 6.07) is 9.41. The number of aromatic nitrogens is 1. The van der Waals surface area contributed by atoms with Gasteiger partial charge in [-0.3, -0.25) is 0 Å². The maximum Gasteiger partial charge on any atom is 0.129 e. The highest BCUT2D eigenvalue weighted by Gasteiger charge is 2.30. The van der Waals surface area contributed by atoms with E-state index in [1.807, 2.05) is 37.3 Å². The Kier molecular flexibility index (Phi) is 3.41. The van der Waals surface area contributed by atoms with Gasteiger partial charge in [0, 0.05) is 21.8 Å². The molecule has 3 N–H and O–H groups in total. The number of anilines is 1. The lowest BCUT2D eigenvalue weighted by Gasteiger charge is -2.26. The first-order valence-corrected chi connectivity index (χ1v) is 6.42. The molecule has 0 radical (unpaired) electrons. The minimum absolute atomic E-state index is 0.348. The van der Waals surface area contributed by atoms with Crippen LogP contribution in [0.25, 0.3) is 0 Å². The van der Waals surface area contributed by atoms with E-state index < -0.39 is 5.60 Å². The van der Waals surface area contributed by atoms with Crippen LogP contribution in [0.15, 0.2) is 41.0 Å². The van der Waals surface area contributed by atoms with Crippen LogP contribution in [0.2, 0.25) is 0 Å². The molecule has 18 heavy (non-hydrogen) atoms. The molecule has 0 fully saturated rings.